The van der Waals surface area contributed by atoms with Crippen LogP contribution in [0.5, 0.6) is 0 Å². The molecular formula is C14H24N2O. The van der Waals surface area contributed by atoms with Crippen molar-refractivity contribution in [2.45, 2.75) is 19.6 Å². The molecule has 0 bridgehead atoms. The molecule has 1 unspecified atom stereocenters. The van der Waals surface area contributed by atoms with Gasteiger partial charge in [0.1, 0.15) is 0 Å². The molecule has 1 aromatic carbocycles. The minimum atomic E-state index is 0.382. The maximum atomic E-state index is 5.50. The van der Waals surface area contributed by atoms with Gasteiger partial charge < -0.3 is 10.1 Å². The smallest absolute Gasteiger partial charge is 0.0674 e. The van der Waals surface area contributed by atoms with Crippen molar-refractivity contribution < 1.29 is 4.74 Å². The van der Waals surface area contributed by atoms with Gasteiger partial charge in [0, 0.05) is 19.6 Å². The minimum Gasteiger partial charge on any atom is -0.376 e. The van der Waals surface area contributed by atoms with E-state index in [-0.39, 0.29) is 0 Å². The number of hydrogen-bond donors (Lipinski definition) is 1. The van der Waals surface area contributed by atoms with Crippen molar-refractivity contribution in [2.75, 3.05) is 33.8 Å². The lowest BCUT2D eigenvalue weighted by Gasteiger charge is -2.31. The summed E-state index contributed by atoms with van der Waals surface area (Å²) in [5, 5.41) is 2.75. The molecule has 1 aliphatic heterocycles. The normalized spacial score (nSPS) is 20.5. The van der Waals surface area contributed by atoms with E-state index in [1.807, 2.05) is 14.1 Å². The van der Waals surface area contributed by atoms with Crippen LogP contribution in [0.3, 0.4) is 0 Å². The van der Waals surface area contributed by atoms with Gasteiger partial charge in [-0.3, -0.25) is 4.90 Å². The Hall–Kier alpha value is -0.900. The fourth-order valence-electron chi connectivity index (χ4n) is 1.88. The highest BCUT2D eigenvalue weighted by Gasteiger charge is 2.16. The van der Waals surface area contributed by atoms with Crippen molar-refractivity contribution in [3.05, 3.63) is 35.9 Å². The van der Waals surface area contributed by atoms with E-state index in [1.54, 1.807) is 0 Å². The number of ether oxygens (including phenoxy) is 1. The van der Waals surface area contributed by atoms with E-state index in [0.29, 0.717) is 6.10 Å². The van der Waals surface area contributed by atoms with Gasteiger partial charge in [-0.2, -0.15) is 0 Å². The van der Waals surface area contributed by atoms with Crippen LogP contribution in [0.15, 0.2) is 30.3 Å². The fourth-order valence-corrected chi connectivity index (χ4v) is 1.88. The third kappa shape index (κ3) is 5.82. The zero-order valence-corrected chi connectivity index (χ0v) is 11.1. The average molecular weight is 236 g/mol. The van der Waals surface area contributed by atoms with Crippen molar-refractivity contribution in [1.82, 2.24) is 10.2 Å². The average Bonchev–Trinajstić information content (AvgIpc) is 2.31. The van der Waals surface area contributed by atoms with Gasteiger partial charge in [0.25, 0.3) is 0 Å². The molecule has 96 valence electrons. The summed E-state index contributed by atoms with van der Waals surface area (Å²) in [5.41, 5.74) is 1.39. The summed E-state index contributed by atoms with van der Waals surface area (Å²) in [6, 6.07) is 10.6. The van der Waals surface area contributed by atoms with E-state index in [0.717, 1.165) is 26.2 Å². The molecule has 1 heterocycles. The van der Waals surface area contributed by atoms with Crippen LogP contribution in [-0.2, 0) is 11.3 Å². The summed E-state index contributed by atoms with van der Waals surface area (Å²) in [6.07, 6.45) is 0.382. The number of nitrogens with zero attached hydrogens (tertiary/aromatic N) is 1. The highest BCUT2D eigenvalue weighted by molar-refractivity contribution is 5.14. The van der Waals surface area contributed by atoms with Crippen molar-refractivity contribution in [3.63, 3.8) is 0 Å². The minimum absolute atomic E-state index is 0.382. The van der Waals surface area contributed by atoms with Gasteiger partial charge in [-0.05, 0) is 26.6 Å². The van der Waals surface area contributed by atoms with Gasteiger partial charge in [0.15, 0.2) is 0 Å². The number of hydrogen-bond acceptors (Lipinski definition) is 3. The van der Waals surface area contributed by atoms with Crippen LogP contribution in [-0.4, -0.2) is 44.8 Å². The Morgan fingerprint density at radius 1 is 1.29 bits per heavy atom. The van der Waals surface area contributed by atoms with E-state index >= 15 is 0 Å². The first-order valence-corrected chi connectivity index (χ1v) is 6.22. The molecule has 1 atom stereocenters. The summed E-state index contributed by atoms with van der Waals surface area (Å²) in [5.74, 6) is 0. The van der Waals surface area contributed by atoms with Crippen LogP contribution >= 0.6 is 0 Å². The molecule has 0 aliphatic carbocycles. The first kappa shape index (κ1) is 14.2. The molecule has 0 saturated carbocycles. The molecule has 0 aromatic heterocycles. The zero-order chi connectivity index (χ0) is 12.5. The van der Waals surface area contributed by atoms with Gasteiger partial charge in [-0.1, -0.05) is 30.3 Å². The van der Waals surface area contributed by atoms with Crippen LogP contribution in [0.1, 0.15) is 12.5 Å². The maximum absolute atomic E-state index is 5.50. The van der Waals surface area contributed by atoms with Crippen molar-refractivity contribution in [1.29, 1.82) is 0 Å². The number of benzene rings is 1. The first-order chi connectivity index (χ1) is 8.26. The summed E-state index contributed by atoms with van der Waals surface area (Å²) >= 11 is 0. The Morgan fingerprint density at radius 3 is 2.53 bits per heavy atom. The standard InChI is InChI=1S/C12H17NO.C2H7N/c1-11-9-13(7-8-14-11)10-12-5-3-2-4-6-12;1-3-2/h2-6,11H,7-10H2,1H3;3H,1-2H3. The third-order valence-electron chi connectivity index (χ3n) is 2.57. The van der Waals surface area contributed by atoms with Crippen LogP contribution in [0.4, 0.5) is 0 Å². The highest BCUT2D eigenvalue weighted by Crippen LogP contribution is 2.09. The van der Waals surface area contributed by atoms with Crippen LogP contribution in [0.25, 0.3) is 0 Å². The molecule has 0 amide bonds. The molecule has 1 N–H and O–H groups in total. The number of rotatable bonds is 2. The summed E-state index contributed by atoms with van der Waals surface area (Å²) in [6.45, 7) is 6.16. The Labute approximate surface area is 105 Å². The second-order valence-corrected chi connectivity index (χ2v) is 4.40. The SMILES string of the molecule is CC1CN(Cc2ccccc2)CCO1.CNC. The number of nitrogens with one attached hydrogen (secondary N) is 1. The molecular weight excluding hydrogens is 212 g/mol. The quantitative estimate of drug-likeness (QED) is 0.846. The monoisotopic (exact) mass is 236 g/mol. The molecule has 1 aliphatic rings. The lowest BCUT2D eigenvalue weighted by atomic mass is 10.2. The molecule has 1 fully saturated rings. The fraction of sp³-hybridized carbons (Fsp3) is 0.571. The molecule has 3 heteroatoms. The second kappa shape index (κ2) is 8.23. The van der Waals surface area contributed by atoms with Crippen LogP contribution < -0.4 is 5.32 Å². The third-order valence-corrected chi connectivity index (χ3v) is 2.57. The Kier molecular flexibility index (Phi) is 6.86. The Bertz CT molecular complexity index is 290. The van der Waals surface area contributed by atoms with Crippen molar-refractivity contribution in [3.8, 4) is 0 Å². The lowest BCUT2D eigenvalue weighted by Crippen LogP contribution is -2.40. The van der Waals surface area contributed by atoms with E-state index in [2.05, 4.69) is 47.5 Å². The molecule has 3 nitrogen and oxygen atoms in total. The molecule has 0 spiro atoms. The van der Waals surface area contributed by atoms with Crippen molar-refractivity contribution >= 4 is 0 Å². The topological polar surface area (TPSA) is 24.5 Å². The molecule has 17 heavy (non-hydrogen) atoms. The first-order valence-electron chi connectivity index (χ1n) is 6.22. The molecule has 2 rings (SSSR count). The predicted molar refractivity (Wildman–Crippen MR) is 72.1 cm³/mol. The van der Waals surface area contributed by atoms with E-state index in [1.165, 1.54) is 5.56 Å². The second-order valence-electron chi connectivity index (χ2n) is 4.40. The Balaban J connectivity index is 0.000000437. The van der Waals surface area contributed by atoms with Gasteiger partial charge in [0.05, 0.1) is 12.7 Å². The summed E-state index contributed by atoms with van der Waals surface area (Å²) in [4.78, 5) is 2.45. The molecule has 0 radical (unpaired) electrons. The Morgan fingerprint density at radius 2 is 1.94 bits per heavy atom. The van der Waals surface area contributed by atoms with Crippen LogP contribution in [0, 0.1) is 0 Å². The van der Waals surface area contributed by atoms with E-state index in [9.17, 15) is 0 Å². The van der Waals surface area contributed by atoms with Crippen LogP contribution in [0.2, 0.25) is 0 Å². The molecule has 1 saturated heterocycles. The predicted octanol–water partition coefficient (Wildman–Crippen LogP) is 1.74. The number of morpholine rings is 1. The van der Waals surface area contributed by atoms with Crippen molar-refractivity contribution in [2.24, 2.45) is 0 Å². The van der Waals surface area contributed by atoms with Gasteiger partial charge in [0.2, 0.25) is 0 Å². The van der Waals surface area contributed by atoms with E-state index in [4.69, 9.17) is 4.74 Å². The maximum Gasteiger partial charge on any atom is 0.0674 e. The zero-order valence-electron chi connectivity index (χ0n) is 11.1. The van der Waals surface area contributed by atoms with Gasteiger partial charge in [-0.15, -0.1) is 0 Å². The summed E-state index contributed by atoms with van der Waals surface area (Å²) in [7, 11) is 3.75. The van der Waals surface area contributed by atoms with E-state index < -0.39 is 0 Å². The largest absolute Gasteiger partial charge is 0.376 e. The highest BCUT2D eigenvalue weighted by atomic mass is 16.5. The van der Waals surface area contributed by atoms with Gasteiger partial charge in [-0.25, -0.2) is 0 Å². The summed E-state index contributed by atoms with van der Waals surface area (Å²) < 4.78 is 5.50. The lowest BCUT2D eigenvalue weighted by molar-refractivity contribution is -0.0212. The molecule has 1 aromatic rings. The van der Waals surface area contributed by atoms with Gasteiger partial charge >= 0.3 is 0 Å².